The zero-order valence-electron chi connectivity index (χ0n) is 9.73. The summed E-state index contributed by atoms with van der Waals surface area (Å²) in [7, 11) is 0. The van der Waals surface area contributed by atoms with Crippen molar-refractivity contribution in [3.63, 3.8) is 0 Å². The standard InChI is InChI=1S/C12H12N4O2/c1-7(18)14-9-4-2-8(3-5-9)11-10(6-17)12(13)16-15-11/h2-6H,1H3,(H,14,18)(H3,13,15,16). The van der Waals surface area contributed by atoms with Gasteiger partial charge in [0.05, 0.1) is 11.3 Å². The molecule has 6 nitrogen and oxygen atoms in total. The minimum absolute atomic E-state index is 0.137. The first kappa shape index (κ1) is 11.8. The van der Waals surface area contributed by atoms with E-state index in [0.717, 1.165) is 5.56 Å². The number of aromatic nitrogens is 2. The van der Waals surface area contributed by atoms with Gasteiger partial charge in [-0.05, 0) is 12.1 Å². The Bertz CT molecular complexity index is 587. The molecule has 2 rings (SSSR count). The predicted molar refractivity (Wildman–Crippen MR) is 68.1 cm³/mol. The fraction of sp³-hybridized carbons (Fsp3) is 0.0833. The molecule has 0 saturated heterocycles. The Morgan fingerprint density at radius 1 is 1.39 bits per heavy atom. The number of benzene rings is 1. The first-order valence-corrected chi connectivity index (χ1v) is 5.29. The average Bonchev–Trinajstić information content (AvgIpc) is 2.70. The van der Waals surface area contributed by atoms with E-state index in [9.17, 15) is 9.59 Å². The number of nitrogens with two attached hydrogens (primary N) is 1. The molecule has 18 heavy (non-hydrogen) atoms. The fourth-order valence-electron chi connectivity index (χ4n) is 1.63. The molecule has 0 bridgehead atoms. The number of nitrogens with zero attached hydrogens (tertiary/aromatic N) is 1. The number of hydrogen-bond acceptors (Lipinski definition) is 4. The van der Waals surface area contributed by atoms with Gasteiger partial charge in [0.2, 0.25) is 5.91 Å². The highest BCUT2D eigenvalue weighted by Crippen LogP contribution is 2.24. The number of anilines is 2. The van der Waals surface area contributed by atoms with E-state index in [2.05, 4.69) is 15.5 Å². The van der Waals surface area contributed by atoms with Crippen LogP contribution in [0, 0.1) is 0 Å². The highest BCUT2D eigenvalue weighted by Gasteiger charge is 2.11. The lowest BCUT2D eigenvalue weighted by Gasteiger charge is -2.03. The van der Waals surface area contributed by atoms with Crippen LogP contribution in [0.4, 0.5) is 11.5 Å². The molecule has 1 aromatic heterocycles. The normalized spacial score (nSPS) is 10.1. The maximum atomic E-state index is 10.9. The molecule has 0 radical (unpaired) electrons. The van der Waals surface area contributed by atoms with Crippen LogP contribution in [0.5, 0.6) is 0 Å². The van der Waals surface area contributed by atoms with Gasteiger partial charge in [-0.2, -0.15) is 5.10 Å². The molecule has 1 amide bonds. The molecular formula is C12H12N4O2. The van der Waals surface area contributed by atoms with Crippen molar-refractivity contribution in [3.8, 4) is 11.3 Å². The molecule has 0 unspecified atom stereocenters. The highest BCUT2D eigenvalue weighted by atomic mass is 16.1. The Hall–Kier alpha value is -2.63. The zero-order valence-corrected chi connectivity index (χ0v) is 9.73. The minimum atomic E-state index is -0.137. The van der Waals surface area contributed by atoms with Gasteiger partial charge in [0.1, 0.15) is 0 Å². The number of nitrogen functional groups attached to an aromatic ring is 1. The number of rotatable bonds is 3. The molecule has 0 atom stereocenters. The van der Waals surface area contributed by atoms with Gasteiger partial charge in [-0.15, -0.1) is 0 Å². The van der Waals surface area contributed by atoms with E-state index in [1.165, 1.54) is 6.92 Å². The summed E-state index contributed by atoms with van der Waals surface area (Å²) in [5.41, 5.74) is 7.92. The third-order valence-electron chi connectivity index (χ3n) is 2.45. The van der Waals surface area contributed by atoms with E-state index in [0.29, 0.717) is 23.2 Å². The van der Waals surface area contributed by atoms with Gasteiger partial charge in [0.15, 0.2) is 12.1 Å². The Labute approximate surface area is 103 Å². The molecule has 0 aliphatic heterocycles. The van der Waals surface area contributed by atoms with Crippen LogP contribution < -0.4 is 11.1 Å². The van der Waals surface area contributed by atoms with Crippen molar-refractivity contribution < 1.29 is 9.59 Å². The van der Waals surface area contributed by atoms with Gasteiger partial charge in [-0.3, -0.25) is 14.7 Å². The summed E-state index contributed by atoms with van der Waals surface area (Å²) in [5.74, 6) is 0.0352. The highest BCUT2D eigenvalue weighted by molar-refractivity contribution is 5.92. The Balaban J connectivity index is 2.34. The van der Waals surface area contributed by atoms with Gasteiger partial charge in [0, 0.05) is 18.2 Å². The molecule has 4 N–H and O–H groups in total. The van der Waals surface area contributed by atoms with Gasteiger partial charge < -0.3 is 11.1 Å². The number of nitrogens with one attached hydrogen (secondary N) is 2. The van der Waals surface area contributed by atoms with E-state index in [4.69, 9.17) is 5.73 Å². The van der Waals surface area contributed by atoms with Crippen molar-refractivity contribution >= 4 is 23.7 Å². The average molecular weight is 244 g/mol. The third-order valence-corrected chi connectivity index (χ3v) is 2.45. The lowest BCUT2D eigenvalue weighted by molar-refractivity contribution is -0.114. The van der Waals surface area contributed by atoms with Gasteiger partial charge in [0.25, 0.3) is 0 Å². The van der Waals surface area contributed by atoms with Gasteiger partial charge in [-0.1, -0.05) is 12.1 Å². The maximum absolute atomic E-state index is 10.9. The molecule has 6 heteroatoms. The summed E-state index contributed by atoms with van der Waals surface area (Å²) in [5, 5.41) is 9.15. The largest absolute Gasteiger partial charge is 0.382 e. The van der Waals surface area contributed by atoms with Crippen LogP contribution in [0.15, 0.2) is 24.3 Å². The van der Waals surface area contributed by atoms with Crippen LogP contribution in [-0.2, 0) is 4.79 Å². The number of H-pyrrole nitrogens is 1. The lowest BCUT2D eigenvalue weighted by atomic mass is 10.1. The van der Waals surface area contributed by atoms with Crippen LogP contribution in [0.3, 0.4) is 0 Å². The summed E-state index contributed by atoms with van der Waals surface area (Å²) >= 11 is 0. The topological polar surface area (TPSA) is 101 Å². The molecule has 0 saturated carbocycles. The molecule has 0 spiro atoms. The quantitative estimate of drug-likeness (QED) is 0.711. The van der Waals surface area contributed by atoms with Gasteiger partial charge >= 0.3 is 0 Å². The molecule has 1 aromatic carbocycles. The second-order valence-corrected chi connectivity index (χ2v) is 3.77. The SMILES string of the molecule is CC(=O)Nc1ccc(-c2[nH]nc(N)c2C=O)cc1. The van der Waals surface area contributed by atoms with Crippen molar-refractivity contribution in [1.82, 2.24) is 10.2 Å². The smallest absolute Gasteiger partial charge is 0.221 e. The first-order chi connectivity index (χ1) is 8.61. The van der Waals surface area contributed by atoms with E-state index < -0.39 is 0 Å². The minimum Gasteiger partial charge on any atom is -0.382 e. The van der Waals surface area contributed by atoms with Crippen molar-refractivity contribution in [2.24, 2.45) is 0 Å². The maximum Gasteiger partial charge on any atom is 0.221 e. The number of carbonyl (C=O) groups excluding carboxylic acids is 2. The summed E-state index contributed by atoms with van der Waals surface area (Å²) in [6.07, 6.45) is 0.663. The third kappa shape index (κ3) is 2.22. The van der Waals surface area contributed by atoms with Crippen LogP contribution in [0.1, 0.15) is 17.3 Å². The molecular weight excluding hydrogens is 232 g/mol. The number of aromatic amines is 1. The van der Waals surface area contributed by atoms with Crippen molar-refractivity contribution in [1.29, 1.82) is 0 Å². The molecule has 2 aromatic rings. The number of aldehydes is 1. The number of amides is 1. The summed E-state index contributed by atoms with van der Waals surface area (Å²) in [6.45, 7) is 1.44. The Morgan fingerprint density at radius 3 is 2.61 bits per heavy atom. The van der Waals surface area contributed by atoms with Gasteiger partial charge in [-0.25, -0.2) is 0 Å². The van der Waals surface area contributed by atoms with Crippen molar-refractivity contribution in [3.05, 3.63) is 29.8 Å². The van der Waals surface area contributed by atoms with Crippen LogP contribution >= 0.6 is 0 Å². The van der Waals surface area contributed by atoms with Crippen LogP contribution in [0.25, 0.3) is 11.3 Å². The zero-order chi connectivity index (χ0) is 13.1. The van der Waals surface area contributed by atoms with E-state index in [1.807, 2.05) is 0 Å². The molecule has 0 aliphatic rings. The first-order valence-electron chi connectivity index (χ1n) is 5.29. The van der Waals surface area contributed by atoms with E-state index in [-0.39, 0.29) is 11.7 Å². The van der Waals surface area contributed by atoms with Crippen LogP contribution in [-0.4, -0.2) is 22.4 Å². The predicted octanol–water partition coefficient (Wildman–Crippen LogP) is 1.43. The summed E-state index contributed by atoms with van der Waals surface area (Å²) in [4.78, 5) is 21.8. The lowest BCUT2D eigenvalue weighted by Crippen LogP contribution is -2.05. The van der Waals surface area contributed by atoms with E-state index in [1.54, 1.807) is 24.3 Å². The Kier molecular flexibility index (Phi) is 3.09. The summed E-state index contributed by atoms with van der Waals surface area (Å²) in [6, 6.07) is 7.02. The van der Waals surface area contributed by atoms with Crippen LogP contribution in [0.2, 0.25) is 0 Å². The molecule has 92 valence electrons. The number of carbonyl (C=O) groups is 2. The number of hydrogen-bond donors (Lipinski definition) is 3. The van der Waals surface area contributed by atoms with Crippen molar-refractivity contribution in [2.75, 3.05) is 11.1 Å². The second-order valence-electron chi connectivity index (χ2n) is 3.77. The van der Waals surface area contributed by atoms with E-state index >= 15 is 0 Å². The monoisotopic (exact) mass is 244 g/mol. The fourth-order valence-corrected chi connectivity index (χ4v) is 1.63. The second kappa shape index (κ2) is 4.70. The Morgan fingerprint density at radius 2 is 2.06 bits per heavy atom. The molecule has 0 fully saturated rings. The molecule has 0 aliphatic carbocycles. The summed E-state index contributed by atoms with van der Waals surface area (Å²) < 4.78 is 0. The molecule has 1 heterocycles. The van der Waals surface area contributed by atoms with Crippen molar-refractivity contribution in [2.45, 2.75) is 6.92 Å².